The summed E-state index contributed by atoms with van der Waals surface area (Å²) in [5, 5.41) is 0. The van der Waals surface area contributed by atoms with Crippen LogP contribution in [0.1, 0.15) is 5.56 Å². The van der Waals surface area contributed by atoms with E-state index in [2.05, 4.69) is 0 Å². The Morgan fingerprint density at radius 3 is 2.70 bits per heavy atom. The average molecular weight is 136 g/mol. The maximum atomic E-state index is 12.8. The third-order valence-corrected chi connectivity index (χ3v) is 1.48. The minimum absolute atomic E-state index is 0.0793. The second-order valence-corrected chi connectivity index (χ2v) is 2.34. The summed E-state index contributed by atoms with van der Waals surface area (Å²) in [5.41, 5.74) is 0.824. The largest absolute Gasteiger partial charge is 0.207 e. The van der Waals surface area contributed by atoms with Crippen LogP contribution >= 0.6 is 0 Å². The average Bonchev–Trinajstić information content (AvgIpc) is 1.94. The summed E-state index contributed by atoms with van der Waals surface area (Å²) in [6, 6.07) is 6.92. The van der Waals surface area contributed by atoms with Crippen molar-refractivity contribution in [1.82, 2.24) is 0 Å². The van der Waals surface area contributed by atoms with Gasteiger partial charge in [0.05, 0.1) is 0 Å². The molecular formula is C8H10BF. The summed E-state index contributed by atoms with van der Waals surface area (Å²) in [6.07, 6.45) is 0.840. The van der Waals surface area contributed by atoms with Crippen molar-refractivity contribution in [2.75, 3.05) is 0 Å². The van der Waals surface area contributed by atoms with E-state index in [1.54, 1.807) is 6.07 Å². The fourth-order valence-corrected chi connectivity index (χ4v) is 0.970. The molecule has 1 rings (SSSR count). The zero-order valence-corrected chi connectivity index (χ0v) is 6.10. The Hall–Kier alpha value is -0.785. The third-order valence-electron chi connectivity index (χ3n) is 1.48. The molecule has 0 spiro atoms. The Labute approximate surface area is 61.3 Å². The first kappa shape index (κ1) is 7.32. The van der Waals surface area contributed by atoms with Crippen molar-refractivity contribution in [3.8, 4) is 0 Å². The molecule has 0 aliphatic carbocycles. The molecule has 0 amide bonds. The molecule has 0 atom stereocenters. The van der Waals surface area contributed by atoms with Gasteiger partial charge in [-0.15, -0.1) is 0 Å². The SMILES string of the molecule is CBCc1ccccc1F. The van der Waals surface area contributed by atoms with Crippen LogP contribution in [0.25, 0.3) is 0 Å². The van der Waals surface area contributed by atoms with Crippen LogP contribution in [0.5, 0.6) is 0 Å². The first-order valence-electron chi connectivity index (χ1n) is 3.58. The van der Waals surface area contributed by atoms with Crippen LogP contribution in [-0.2, 0) is 6.32 Å². The fraction of sp³-hybridized carbons (Fsp3) is 0.250. The second-order valence-electron chi connectivity index (χ2n) is 2.34. The molecule has 10 heavy (non-hydrogen) atoms. The van der Waals surface area contributed by atoms with E-state index in [0.717, 1.165) is 19.2 Å². The van der Waals surface area contributed by atoms with Gasteiger partial charge in [0.1, 0.15) is 13.1 Å². The molecule has 0 bridgehead atoms. The second kappa shape index (κ2) is 3.40. The lowest BCUT2D eigenvalue weighted by atomic mass is 9.75. The predicted molar refractivity (Wildman–Crippen MR) is 43.1 cm³/mol. The minimum atomic E-state index is -0.0793. The lowest BCUT2D eigenvalue weighted by Crippen LogP contribution is -1.93. The van der Waals surface area contributed by atoms with E-state index in [1.807, 2.05) is 19.0 Å². The number of benzene rings is 1. The van der Waals surface area contributed by atoms with Gasteiger partial charge in [-0.05, 0) is 11.6 Å². The Kier molecular flexibility index (Phi) is 2.49. The molecule has 0 heterocycles. The van der Waals surface area contributed by atoms with Crippen LogP contribution in [0.3, 0.4) is 0 Å². The maximum absolute atomic E-state index is 12.8. The van der Waals surface area contributed by atoms with Gasteiger partial charge in [0.2, 0.25) is 0 Å². The Bertz CT molecular complexity index is 210. The van der Waals surface area contributed by atoms with E-state index in [4.69, 9.17) is 0 Å². The molecule has 0 saturated carbocycles. The molecule has 0 nitrogen and oxygen atoms in total. The summed E-state index contributed by atoms with van der Waals surface area (Å²) >= 11 is 0. The van der Waals surface area contributed by atoms with Crippen LogP contribution in [0, 0.1) is 5.82 Å². The molecule has 0 aromatic heterocycles. The van der Waals surface area contributed by atoms with Crippen molar-refractivity contribution in [2.45, 2.75) is 13.1 Å². The first-order chi connectivity index (χ1) is 4.84. The van der Waals surface area contributed by atoms with Crippen LogP contribution in [0.2, 0.25) is 6.82 Å². The van der Waals surface area contributed by atoms with E-state index >= 15 is 0 Å². The van der Waals surface area contributed by atoms with Gasteiger partial charge in [-0.3, -0.25) is 0 Å². The van der Waals surface area contributed by atoms with Crippen LogP contribution in [0.4, 0.5) is 4.39 Å². The van der Waals surface area contributed by atoms with E-state index in [-0.39, 0.29) is 5.82 Å². The molecule has 0 aliphatic rings. The number of rotatable bonds is 2. The van der Waals surface area contributed by atoms with Crippen molar-refractivity contribution in [1.29, 1.82) is 0 Å². The molecule has 52 valence electrons. The third kappa shape index (κ3) is 1.60. The molecule has 2 heteroatoms. The number of hydrogen-bond donors (Lipinski definition) is 0. The van der Waals surface area contributed by atoms with Gasteiger partial charge < -0.3 is 0 Å². The van der Waals surface area contributed by atoms with Crippen LogP contribution in [-0.4, -0.2) is 7.28 Å². The molecule has 0 saturated heterocycles. The Balaban J connectivity index is 2.81. The summed E-state index contributed by atoms with van der Waals surface area (Å²) in [4.78, 5) is 0. The van der Waals surface area contributed by atoms with Crippen molar-refractivity contribution in [3.05, 3.63) is 35.6 Å². The smallest absolute Gasteiger partial charge is 0.125 e. The minimum Gasteiger partial charge on any atom is -0.207 e. The standard InChI is InChI=1S/C8H10BF/c1-9-6-7-4-2-3-5-8(7)10/h2-5,9H,6H2,1H3. The molecule has 1 aromatic rings. The summed E-state index contributed by atoms with van der Waals surface area (Å²) in [7, 11) is 1.00. The molecule has 0 fully saturated rings. The zero-order chi connectivity index (χ0) is 7.40. The van der Waals surface area contributed by atoms with E-state index in [0.29, 0.717) is 0 Å². The van der Waals surface area contributed by atoms with Crippen molar-refractivity contribution < 1.29 is 4.39 Å². The van der Waals surface area contributed by atoms with Gasteiger partial charge in [-0.2, -0.15) is 0 Å². The van der Waals surface area contributed by atoms with E-state index in [1.165, 1.54) is 6.07 Å². The Morgan fingerprint density at radius 2 is 2.10 bits per heavy atom. The van der Waals surface area contributed by atoms with Gasteiger partial charge in [-0.1, -0.05) is 31.3 Å². The van der Waals surface area contributed by atoms with Crippen molar-refractivity contribution >= 4 is 7.28 Å². The molecule has 1 aromatic carbocycles. The lowest BCUT2D eigenvalue weighted by molar-refractivity contribution is 0.617. The highest BCUT2D eigenvalue weighted by Crippen LogP contribution is 2.05. The number of hydrogen-bond acceptors (Lipinski definition) is 0. The highest BCUT2D eigenvalue weighted by molar-refractivity contribution is 6.32. The first-order valence-corrected chi connectivity index (χ1v) is 3.58. The maximum Gasteiger partial charge on any atom is 0.125 e. The van der Waals surface area contributed by atoms with E-state index in [9.17, 15) is 4.39 Å². The molecule has 0 unspecified atom stereocenters. The molecule has 0 N–H and O–H groups in total. The molecular weight excluding hydrogens is 126 g/mol. The van der Waals surface area contributed by atoms with Gasteiger partial charge in [0.15, 0.2) is 0 Å². The van der Waals surface area contributed by atoms with Gasteiger partial charge in [-0.25, -0.2) is 4.39 Å². The van der Waals surface area contributed by atoms with Crippen LogP contribution in [0.15, 0.2) is 24.3 Å². The number of halogens is 1. The van der Waals surface area contributed by atoms with Crippen molar-refractivity contribution in [3.63, 3.8) is 0 Å². The summed E-state index contributed by atoms with van der Waals surface area (Å²) in [5.74, 6) is -0.0793. The molecule has 0 aliphatic heterocycles. The van der Waals surface area contributed by atoms with Crippen molar-refractivity contribution in [2.24, 2.45) is 0 Å². The van der Waals surface area contributed by atoms with Crippen LogP contribution < -0.4 is 0 Å². The zero-order valence-electron chi connectivity index (χ0n) is 6.10. The highest BCUT2D eigenvalue weighted by Gasteiger charge is 1.96. The Morgan fingerprint density at radius 1 is 1.40 bits per heavy atom. The molecule has 0 radical (unpaired) electrons. The normalized spacial score (nSPS) is 9.40. The van der Waals surface area contributed by atoms with Gasteiger partial charge in [0.25, 0.3) is 0 Å². The predicted octanol–water partition coefficient (Wildman–Crippen LogP) is 1.81. The summed E-state index contributed by atoms with van der Waals surface area (Å²) < 4.78 is 12.8. The van der Waals surface area contributed by atoms with E-state index < -0.39 is 0 Å². The lowest BCUT2D eigenvalue weighted by Gasteiger charge is -1.97. The quantitative estimate of drug-likeness (QED) is 0.544. The summed E-state index contributed by atoms with van der Waals surface area (Å²) in [6.45, 7) is 2.05. The monoisotopic (exact) mass is 136 g/mol. The topological polar surface area (TPSA) is 0 Å². The van der Waals surface area contributed by atoms with Gasteiger partial charge >= 0.3 is 0 Å². The highest BCUT2D eigenvalue weighted by atomic mass is 19.1. The fourth-order valence-electron chi connectivity index (χ4n) is 0.970. The van der Waals surface area contributed by atoms with Gasteiger partial charge in [0, 0.05) is 0 Å².